The van der Waals surface area contributed by atoms with E-state index in [9.17, 15) is 4.79 Å². The van der Waals surface area contributed by atoms with Gasteiger partial charge >= 0.3 is 0 Å². The van der Waals surface area contributed by atoms with Crippen molar-refractivity contribution in [3.05, 3.63) is 48.7 Å². The maximum Gasteiger partial charge on any atom is 0.257 e. The van der Waals surface area contributed by atoms with E-state index in [4.69, 9.17) is 9.47 Å². The zero-order chi connectivity index (χ0) is 16.6. The normalized spacial score (nSPS) is 16.6. The molecule has 1 aromatic heterocycles. The van der Waals surface area contributed by atoms with Crippen molar-refractivity contribution in [1.29, 1.82) is 0 Å². The molecule has 1 saturated heterocycles. The minimum absolute atomic E-state index is 0.00711. The highest BCUT2D eigenvalue weighted by Crippen LogP contribution is 2.22. The molecule has 1 fully saturated rings. The monoisotopic (exact) mass is 327 g/mol. The van der Waals surface area contributed by atoms with Crippen LogP contribution in [-0.4, -0.2) is 36.6 Å². The number of benzene rings is 1. The topological polar surface area (TPSA) is 72.5 Å². The Labute approximate surface area is 141 Å². The van der Waals surface area contributed by atoms with E-state index in [-0.39, 0.29) is 12.5 Å². The van der Waals surface area contributed by atoms with Crippen LogP contribution in [0.3, 0.4) is 0 Å². The lowest BCUT2D eigenvalue weighted by Gasteiger charge is -2.12. The summed E-state index contributed by atoms with van der Waals surface area (Å²) in [6.45, 7) is 1.69. The molecule has 2 heterocycles. The van der Waals surface area contributed by atoms with E-state index in [0.29, 0.717) is 30.0 Å². The first kappa shape index (κ1) is 16.3. The second-order valence-corrected chi connectivity index (χ2v) is 5.63. The molecule has 1 aromatic carbocycles. The van der Waals surface area contributed by atoms with Crippen molar-refractivity contribution in [1.82, 2.24) is 15.6 Å². The average Bonchev–Trinajstić information content (AvgIpc) is 3.14. The van der Waals surface area contributed by atoms with Crippen molar-refractivity contribution in [3.8, 4) is 17.4 Å². The summed E-state index contributed by atoms with van der Waals surface area (Å²) in [6, 6.07) is 13.0. The Bertz CT molecular complexity index is 640. The predicted molar refractivity (Wildman–Crippen MR) is 90.3 cm³/mol. The first-order valence-electron chi connectivity index (χ1n) is 8.11. The van der Waals surface area contributed by atoms with Gasteiger partial charge in [-0.05, 0) is 49.7 Å². The molecule has 0 aliphatic carbocycles. The van der Waals surface area contributed by atoms with Crippen LogP contribution in [0.15, 0.2) is 48.7 Å². The number of carbonyl (C=O) groups is 1. The largest absolute Gasteiger partial charge is 0.484 e. The minimum Gasteiger partial charge on any atom is -0.484 e. The molecular weight excluding hydrogens is 306 g/mol. The van der Waals surface area contributed by atoms with Crippen LogP contribution < -0.4 is 20.1 Å². The molecule has 1 amide bonds. The predicted octanol–water partition coefficient (Wildman–Crippen LogP) is 2.12. The van der Waals surface area contributed by atoms with Crippen LogP contribution in [0.25, 0.3) is 0 Å². The van der Waals surface area contributed by atoms with Gasteiger partial charge in [0.15, 0.2) is 6.61 Å². The smallest absolute Gasteiger partial charge is 0.257 e. The molecule has 3 rings (SSSR count). The second-order valence-electron chi connectivity index (χ2n) is 5.63. The van der Waals surface area contributed by atoms with E-state index < -0.39 is 0 Å². The molecule has 6 nitrogen and oxygen atoms in total. The van der Waals surface area contributed by atoms with E-state index in [2.05, 4.69) is 15.6 Å². The number of carbonyl (C=O) groups excluding carboxylic acids is 1. The molecule has 6 heteroatoms. The SMILES string of the molecule is O=C(COc1ccc(Oc2ccccn2)cc1)NCC1CCCN1. The van der Waals surface area contributed by atoms with E-state index in [1.165, 1.54) is 6.42 Å². The van der Waals surface area contributed by atoms with E-state index in [0.717, 1.165) is 13.0 Å². The third-order valence-electron chi connectivity index (χ3n) is 3.76. The second kappa shape index (κ2) is 8.31. The molecule has 0 radical (unpaired) electrons. The summed E-state index contributed by atoms with van der Waals surface area (Å²) >= 11 is 0. The number of nitrogens with one attached hydrogen (secondary N) is 2. The molecule has 0 bridgehead atoms. The van der Waals surface area contributed by atoms with Gasteiger partial charge in [-0.25, -0.2) is 4.98 Å². The van der Waals surface area contributed by atoms with Gasteiger partial charge in [-0.3, -0.25) is 4.79 Å². The van der Waals surface area contributed by atoms with Gasteiger partial charge in [0.05, 0.1) is 0 Å². The highest BCUT2D eigenvalue weighted by Gasteiger charge is 2.14. The number of amides is 1. The standard InChI is InChI=1S/C18H21N3O3/c22-17(21-12-14-4-3-11-19-14)13-23-15-6-8-16(9-7-15)24-18-5-1-2-10-20-18/h1-2,5-10,14,19H,3-4,11-13H2,(H,21,22). The molecule has 1 unspecified atom stereocenters. The van der Waals surface area contributed by atoms with E-state index in [1.807, 2.05) is 12.1 Å². The first-order valence-corrected chi connectivity index (χ1v) is 8.11. The summed E-state index contributed by atoms with van der Waals surface area (Å²) in [5.74, 6) is 1.71. The Morgan fingerprint density at radius 1 is 1.21 bits per heavy atom. The lowest BCUT2D eigenvalue weighted by Crippen LogP contribution is -2.39. The Morgan fingerprint density at radius 2 is 2.04 bits per heavy atom. The fourth-order valence-electron chi connectivity index (χ4n) is 2.50. The molecular formula is C18H21N3O3. The number of pyridine rings is 1. The number of rotatable bonds is 7. The summed E-state index contributed by atoms with van der Waals surface area (Å²) in [6.07, 6.45) is 3.95. The fraction of sp³-hybridized carbons (Fsp3) is 0.333. The molecule has 0 saturated carbocycles. The van der Waals surface area contributed by atoms with Crippen molar-refractivity contribution in [2.75, 3.05) is 19.7 Å². The van der Waals surface area contributed by atoms with Crippen molar-refractivity contribution in [2.45, 2.75) is 18.9 Å². The Hall–Kier alpha value is -2.60. The van der Waals surface area contributed by atoms with Crippen LogP contribution >= 0.6 is 0 Å². The first-order chi connectivity index (χ1) is 11.8. The maximum atomic E-state index is 11.8. The van der Waals surface area contributed by atoms with Crippen LogP contribution in [0.2, 0.25) is 0 Å². The minimum atomic E-state index is -0.113. The summed E-state index contributed by atoms with van der Waals surface area (Å²) < 4.78 is 11.1. The van der Waals surface area contributed by atoms with E-state index in [1.54, 1.807) is 36.5 Å². The quantitative estimate of drug-likeness (QED) is 0.815. The van der Waals surface area contributed by atoms with Crippen LogP contribution in [0.4, 0.5) is 0 Å². The molecule has 126 valence electrons. The summed E-state index contributed by atoms with van der Waals surface area (Å²) in [4.78, 5) is 15.9. The molecule has 0 spiro atoms. The van der Waals surface area contributed by atoms with Gasteiger partial charge in [-0.1, -0.05) is 6.07 Å². The molecule has 1 aliphatic heterocycles. The molecule has 2 aromatic rings. The third kappa shape index (κ3) is 4.96. The fourth-order valence-corrected chi connectivity index (χ4v) is 2.50. The third-order valence-corrected chi connectivity index (χ3v) is 3.76. The van der Waals surface area contributed by atoms with Gasteiger partial charge in [0, 0.05) is 24.8 Å². The van der Waals surface area contributed by atoms with Gasteiger partial charge < -0.3 is 20.1 Å². The van der Waals surface area contributed by atoms with Crippen LogP contribution in [0.1, 0.15) is 12.8 Å². The Morgan fingerprint density at radius 3 is 2.75 bits per heavy atom. The summed E-state index contributed by atoms with van der Waals surface area (Å²) in [5.41, 5.74) is 0. The number of nitrogens with zero attached hydrogens (tertiary/aromatic N) is 1. The lowest BCUT2D eigenvalue weighted by atomic mass is 10.2. The summed E-state index contributed by atoms with van der Waals surface area (Å²) in [5, 5.41) is 6.22. The summed E-state index contributed by atoms with van der Waals surface area (Å²) in [7, 11) is 0. The molecule has 1 atom stereocenters. The Kier molecular flexibility index (Phi) is 5.63. The zero-order valence-electron chi connectivity index (χ0n) is 13.4. The van der Waals surface area contributed by atoms with Crippen LogP contribution in [-0.2, 0) is 4.79 Å². The van der Waals surface area contributed by atoms with Gasteiger partial charge in [0.1, 0.15) is 11.5 Å². The highest BCUT2D eigenvalue weighted by atomic mass is 16.5. The number of hydrogen-bond donors (Lipinski definition) is 2. The van der Waals surface area contributed by atoms with Gasteiger partial charge in [-0.2, -0.15) is 0 Å². The number of ether oxygens (including phenoxy) is 2. The molecule has 2 N–H and O–H groups in total. The number of aromatic nitrogens is 1. The van der Waals surface area contributed by atoms with Gasteiger partial charge in [0.2, 0.25) is 5.88 Å². The van der Waals surface area contributed by atoms with Crippen LogP contribution in [0.5, 0.6) is 17.4 Å². The highest BCUT2D eigenvalue weighted by molar-refractivity contribution is 5.77. The van der Waals surface area contributed by atoms with Gasteiger partial charge in [0.25, 0.3) is 5.91 Å². The molecule has 1 aliphatic rings. The lowest BCUT2D eigenvalue weighted by molar-refractivity contribution is -0.123. The van der Waals surface area contributed by atoms with Gasteiger partial charge in [-0.15, -0.1) is 0 Å². The van der Waals surface area contributed by atoms with Crippen molar-refractivity contribution >= 4 is 5.91 Å². The number of hydrogen-bond acceptors (Lipinski definition) is 5. The van der Waals surface area contributed by atoms with Crippen molar-refractivity contribution in [2.24, 2.45) is 0 Å². The maximum absolute atomic E-state index is 11.8. The van der Waals surface area contributed by atoms with Crippen LogP contribution in [0, 0.1) is 0 Å². The molecule has 24 heavy (non-hydrogen) atoms. The van der Waals surface area contributed by atoms with E-state index >= 15 is 0 Å². The Balaban J connectivity index is 1.41. The zero-order valence-corrected chi connectivity index (χ0v) is 13.4. The average molecular weight is 327 g/mol. The van der Waals surface area contributed by atoms with Crippen molar-refractivity contribution < 1.29 is 14.3 Å². The van der Waals surface area contributed by atoms with Crippen molar-refractivity contribution in [3.63, 3.8) is 0 Å².